The normalized spacial score (nSPS) is 14.6. The van der Waals surface area contributed by atoms with E-state index in [2.05, 4.69) is 25.8 Å². The molecule has 0 unspecified atom stereocenters. The minimum Gasteiger partial charge on any atom is -0.384 e. The number of pyridine rings is 1. The molecule has 110 valence electrons. The number of nitrogens with zero attached hydrogens (tertiary/aromatic N) is 2. The lowest BCUT2D eigenvalue weighted by Crippen LogP contribution is -2.34. The highest BCUT2D eigenvalue weighted by Crippen LogP contribution is 2.29. The summed E-state index contributed by atoms with van der Waals surface area (Å²) in [6, 6.07) is 4.03. The number of hydrogen-bond acceptors (Lipinski definition) is 3. The molecule has 4 nitrogen and oxygen atoms in total. The van der Waals surface area contributed by atoms with Gasteiger partial charge in [-0.15, -0.1) is 0 Å². The second kappa shape index (κ2) is 6.25. The quantitative estimate of drug-likeness (QED) is 0.867. The van der Waals surface area contributed by atoms with Gasteiger partial charge < -0.3 is 10.6 Å². The summed E-state index contributed by atoms with van der Waals surface area (Å²) in [6.45, 7) is 7.12. The highest BCUT2D eigenvalue weighted by molar-refractivity contribution is 5.95. The molecular weight excluding hydrogens is 250 g/mol. The average Bonchev–Trinajstić information content (AvgIpc) is 3.22. The topological polar surface area (TPSA) is 59.2 Å². The predicted octanol–water partition coefficient (Wildman–Crippen LogP) is 3.19. The maximum absolute atomic E-state index is 12.7. The van der Waals surface area contributed by atoms with E-state index in [1.165, 1.54) is 0 Å². The lowest BCUT2D eigenvalue weighted by atomic mass is 10.1. The summed E-state index contributed by atoms with van der Waals surface area (Å²) < 4.78 is 0. The summed E-state index contributed by atoms with van der Waals surface area (Å²) in [7, 11) is 0. The van der Waals surface area contributed by atoms with E-state index in [1.807, 2.05) is 11.0 Å². The van der Waals surface area contributed by atoms with Gasteiger partial charge in [0.2, 0.25) is 0 Å². The molecule has 2 N–H and O–H groups in total. The first-order valence-corrected chi connectivity index (χ1v) is 7.61. The molecule has 0 spiro atoms. The van der Waals surface area contributed by atoms with E-state index < -0.39 is 0 Å². The molecule has 0 saturated heterocycles. The standard InChI is InChI=1S/C16H25N3O/c1-4-5-8-19(13-6-7-13)16(20)12-9-14(11(2)3)18-15(17)10-12/h9-11,13H,4-8H2,1-3H3,(H2,17,18). The fraction of sp³-hybridized carbons (Fsp3) is 0.625. The molecule has 1 amide bonds. The van der Waals surface area contributed by atoms with Gasteiger partial charge in [0.1, 0.15) is 5.82 Å². The number of rotatable bonds is 6. The van der Waals surface area contributed by atoms with Crippen LogP contribution in [0.5, 0.6) is 0 Å². The van der Waals surface area contributed by atoms with Gasteiger partial charge in [-0.25, -0.2) is 4.98 Å². The van der Waals surface area contributed by atoms with Crippen LogP contribution in [0.15, 0.2) is 12.1 Å². The van der Waals surface area contributed by atoms with Crippen molar-refractivity contribution in [3.63, 3.8) is 0 Å². The Bertz CT molecular complexity index is 481. The molecule has 1 aromatic heterocycles. The van der Waals surface area contributed by atoms with Gasteiger partial charge in [0.05, 0.1) is 0 Å². The van der Waals surface area contributed by atoms with Crippen LogP contribution in [-0.2, 0) is 0 Å². The lowest BCUT2D eigenvalue weighted by molar-refractivity contribution is 0.0740. The number of amides is 1. The van der Waals surface area contributed by atoms with Crippen LogP contribution in [0.4, 0.5) is 5.82 Å². The Morgan fingerprint density at radius 3 is 2.70 bits per heavy atom. The molecule has 1 aromatic rings. The number of carbonyl (C=O) groups excluding carboxylic acids is 1. The Morgan fingerprint density at radius 1 is 1.45 bits per heavy atom. The smallest absolute Gasteiger partial charge is 0.254 e. The summed E-state index contributed by atoms with van der Waals surface area (Å²) >= 11 is 0. The molecule has 0 atom stereocenters. The Kier molecular flexibility index (Phi) is 4.63. The second-order valence-corrected chi connectivity index (χ2v) is 5.94. The number of hydrogen-bond donors (Lipinski definition) is 1. The zero-order chi connectivity index (χ0) is 14.7. The van der Waals surface area contributed by atoms with E-state index in [1.54, 1.807) is 6.07 Å². The fourth-order valence-corrected chi connectivity index (χ4v) is 2.32. The summed E-state index contributed by atoms with van der Waals surface area (Å²) in [6.07, 6.45) is 4.42. The Morgan fingerprint density at radius 2 is 2.15 bits per heavy atom. The molecule has 1 saturated carbocycles. The van der Waals surface area contributed by atoms with Crippen molar-refractivity contribution in [2.24, 2.45) is 0 Å². The molecule has 20 heavy (non-hydrogen) atoms. The zero-order valence-electron chi connectivity index (χ0n) is 12.7. The van der Waals surface area contributed by atoms with Crippen LogP contribution in [0.3, 0.4) is 0 Å². The average molecular weight is 275 g/mol. The van der Waals surface area contributed by atoms with Crippen molar-refractivity contribution in [1.29, 1.82) is 0 Å². The van der Waals surface area contributed by atoms with Crippen molar-refractivity contribution in [2.75, 3.05) is 12.3 Å². The molecule has 2 rings (SSSR count). The van der Waals surface area contributed by atoms with Gasteiger partial charge in [-0.05, 0) is 37.3 Å². The van der Waals surface area contributed by atoms with Gasteiger partial charge in [-0.2, -0.15) is 0 Å². The number of nitrogen functional groups attached to an aromatic ring is 1. The first-order valence-electron chi connectivity index (χ1n) is 7.61. The molecule has 1 heterocycles. The molecule has 0 aliphatic heterocycles. The maximum atomic E-state index is 12.7. The summed E-state index contributed by atoms with van der Waals surface area (Å²) in [4.78, 5) is 19.0. The molecule has 0 radical (unpaired) electrons. The van der Waals surface area contributed by atoms with Crippen molar-refractivity contribution in [3.05, 3.63) is 23.4 Å². The van der Waals surface area contributed by atoms with E-state index in [-0.39, 0.29) is 11.8 Å². The van der Waals surface area contributed by atoms with Crippen LogP contribution in [-0.4, -0.2) is 28.4 Å². The van der Waals surface area contributed by atoms with Gasteiger partial charge in [0.15, 0.2) is 0 Å². The summed E-state index contributed by atoms with van der Waals surface area (Å²) in [5.41, 5.74) is 7.42. The molecule has 0 aromatic carbocycles. The third-order valence-electron chi connectivity index (χ3n) is 3.70. The molecular formula is C16H25N3O. The molecule has 0 bridgehead atoms. The maximum Gasteiger partial charge on any atom is 0.254 e. The highest BCUT2D eigenvalue weighted by Gasteiger charge is 2.32. The number of carbonyl (C=O) groups is 1. The molecule has 4 heteroatoms. The van der Waals surface area contributed by atoms with Crippen LogP contribution >= 0.6 is 0 Å². The van der Waals surface area contributed by atoms with Gasteiger partial charge in [0.25, 0.3) is 5.91 Å². The summed E-state index contributed by atoms with van der Waals surface area (Å²) in [5.74, 6) is 0.817. The van der Waals surface area contributed by atoms with Crippen molar-refractivity contribution < 1.29 is 4.79 Å². The Labute approximate surface area is 121 Å². The summed E-state index contributed by atoms with van der Waals surface area (Å²) in [5, 5.41) is 0. The number of anilines is 1. The predicted molar refractivity (Wildman–Crippen MR) is 81.7 cm³/mol. The number of unbranched alkanes of at least 4 members (excludes halogenated alkanes) is 1. The van der Waals surface area contributed by atoms with Crippen molar-refractivity contribution >= 4 is 11.7 Å². The van der Waals surface area contributed by atoms with Crippen molar-refractivity contribution in [3.8, 4) is 0 Å². The highest BCUT2D eigenvalue weighted by atomic mass is 16.2. The third-order valence-corrected chi connectivity index (χ3v) is 3.70. The zero-order valence-corrected chi connectivity index (χ0v) is 12.7. The monoisotopic (exact) mass is 275 g/mol. The first-order chi connectivity index (χ1) is 9.52. The Hall–Kier alpha value is -1.58. The largest absolute Gasteiger partial charge is 0.384 e. The Balaban J connectivity index is 2.21. The third kappa shape index (κ3) is 3.50. The van der Waals surface area contributed by atoms with Crippen molar-refractivity contribution in [2.45, 2.75) is 58.4 Å². The van der Waals surface area contributed by atoms with Gasteiger partial charge in [-0.3, -0.25) is 4.79 Å². The molecule has 1 aliphatic rings. The minimum atomic E-state index is 0.108. The van der Waals surface area contributed by atoms with Gasteiger partial charge in [0, 0.05) is 23.8 Å². The van der Waals surface area contributed by atoms with Crippen LogP contribution in [0.2, 0.25) is 0 Å². The van der Waals surface area contributed by atoms with Crippen molar-refractivity contribution in [1.82, 2.24) is 9.88 Å². The van der Waals surface area contributed by atoms with E-state index in [4.69, 9.17) is 5.73 Å². The minimum absolute atomic E-state index is 0.108. The SMILES string of the molecule is CCCCN(C(=O)c1cc(N)nc(C(C)C)c1)C1CC1. The first kappa shape index (κ1) is 14.8. The van der Waals surface area contributed by atoms with Crippen LogP contribution < -0.4 is 5.73 Å². The second-order valence-electron chi connectivity index (χ2n) is 5.94. The van der Waals surface area contributed by atoms with Gasteiger partial charge in [-0.1, -0.05) is 27.2 Å². The van der Waals surface area contributed by atoms with Gasteiger partial charge >= 0.3 is 0 Å². The van der Waals surface area contributed by atoms with E-state index in [0.717, 1.165) is 37.9 Å². The molecule has 1 fully saturated rings. The molecule has 1 aliphatic carbocycles. The van der Waals surface area contributed by atoms with E-state index in [9.17, 15) is 4.79 Å². The van der Waals surface area contributed by atoms with E-state index in [0.29, 0.717) is 17.4 Å². The number of nitrogens with two attached hydrogens (primary N) is 1. The van der Waals surface area contributed by atoms with Crippen LogP contribution in [0.1, 0.15) is 68.4 Å². The van der Waals surface area contributed by atoms with Crippen LogP contribution in [0.25, 0.3) is 0 Å². The lowest BCUT2D eigenvalue weighted by Gasteiger charge is -2.23. The van der Waals surface area contributed by atoms with Crippen LogP contribution in [0, 0.1) is 0 Å². The number of aromatic nitrogens is 1. The van der Waals surface area contributed by atoms with E-state index >= 15 is 0 Å². The fourth-order valence-electron chi connectivity index (χ4n) is 2.32.